The van der Waals surface area contributed by atoms with Gasteiger partial charge in [0.15, 0.2) is 5.11 Å². The number of aromatic nitrogens is 5. The molecule has 0 saturated heterocycles. The molecule has 0 radical (unpaired) electrons. The molecule has 0 bridgehead atoms. The highest BCUT2D eigenvalue weighted by molar-refractivity contribution is 7.99. The van der Waals surface area contributed by atoms with Gasteiger partial charge in [0.1, 0.15) is 17.2 Å². The number of fused-ring (bicyclic) bond motifs is 1. The van der Waals surface area contributed by atoms with E-state index >= 15 is 0 Å². The van der Waals surface area contributed by atoms with Gasteiger partial charge >= 0.3 is 0 Å². The first kappa shape index (κ1) is 20.9. The fourth-order valence-electron chi connectivity index (χ4n) is 2.96. The van der Waals surface area contributed by atoms with Crippen molar-refractivity contribution in [2.24, 2.45) is 0 Å². The van der Waals surface area contributed by atoms with Crippen LogP contribution < -0.4 is 10.6 Å². The molecule has 0 atom stereocenters. The van der Waals surface area contributed by atoms with E-state index in [4.69, 9.17) is 16.6 Å². The Balaban J connectivity index is 1.35. The Bertz CT molecular complexity index is 1430. The second-order valence-electron chi connectivity index (χ2n) is 6.71. The van der Waals surface area contributed by atoms with Crippen LogP contribution in [0.4, 0.5) is 15.8 Å². The summed E-state index contributed by atoms with van der Waals surface area (Å²) in [6.07, 6.45) is 4.81. The summed E-state index contributed by atoms with van der Waals surface area (Å²) in [5.41, 5.74) is 2.90. The lowest BCUT2D eigenvalue weighted by molar-refractivity contribution is 0.465. The Hall–Kier alpha value is -3.96. The molecule has 8 nitrogen and oxygen atoms in total. The molecule has 0 saturated carbocycles. The number of nitrogens with zero attached hydrogens (tertiary/aromatic N) is 5. The Morgan fingerprint density at radius 3 is 2.61 bits per heavy atom. The largest absolute Gasteiger partial charge is 0.411 e. The molecule has 162 valence electrons. The SMILES string of the molecule is Fc1ccc(NC(=S)Nc2ccc3ncnc(Sc4nnc(-c5cccnc5)o4)c3c2)cc1. The number of rotatable bonds is 5. The van der Waals surface area contributed by atoms with Crippen LogP contribution in [0.25, 0.3) is 22.4 Å². The smallest absolute Gasteiger partial charge is 0.283 e. The van der Waals surface area contributed by atoms with Gasteiger partial charge in [0.2, 0.25) is 5.89 Å². The summed E-state index contributed by atoms with van der Waals surface area (Å²) in [4.78, 5) is 12.8. The van der Waals surface area contributed by atoms with E-state index in [1.165, 1.54) is 30.2 Å². The second kappa shape index (κ2) is 9.27. The molecular weight excluding hydrogens is 461 g/mol. The first-order valence-corrected chi connectivity index (χ1v) is 10.9. The number of hydrogen-bond donors (Lipinski definition) is 2. The predicted octanol–water partition coefficient (Wildman–Crippen LogP) is 5.17. The van der Waals surface area contributed by atoms with E-state index in [0.717, 1.165) is 22.2 Å². The van der Waals surface area contributed by atoms with Crippen molar-refractivity contribution in [3.63, 3.8) is 0 Å². The van der Waals surface area contributed by atoms with Crippen molar-refractivity contribution in [1.82, 2.24) is 25.1 Å². The zero-order valence-corrected chi connectivity index (χ0v) is 18.4. The van der Waals surface area contributed by atoms with E-state index in [0.29, 0.717) is 26.9 Å². The number of halogens is 1. The molecule has 0 aliphatic rings. The molecule has 3 aromatic heterocycles. The molecule has 2 N–H and O–H groups in total. The summed E-state index contributed by atoms with van der Waals surface area (Å²) in [6.45, 7) is 0. The minimum atomic E-state index is -0.312. The Kier molecular flexibility index (Phi) is 5.87. The number of hydrogen-bond acceptors (Lipinski definition) is 8. The molecule has 0 aliphatic heterocycles. The second-order valence-corrected chi connectivity index (χ2v) is 8.06. The van der Waals surface area contributed by atoms with Crippen molar-refractivity contribution in [1.29, 1.82) is 0 Å². The number of nitrogens with one attached hydrogen (secondary N) is 2. The average Bonchev–Trinajstić information content (AvgIpc) is 3.30. The highest BCUT2D eigenvalue weighted by atomic mass is 32.2. The van der Waals surface area contributed by atoms with Gasteiger partial charge in [-0.3, -0.25) is 4.98 Å². The monoisotopic (exact) mass is 475 g/mol. The van der Waals surface area contributed by atoms with Gasteiger partial charge in [0.05, 0.1) is 11.1 Å². The zero-order valence-electron chi connectivity index (χ0n) is 16.8. The van der Waals surface area contributed by atoms with Crippen molar-refractivity contribution in [3.8, 4) is 11.5 Å². The van der Waals surface area contributed by atoms with Crippen LogP contribution in [0.1, 0.15) is 0 Å². The normalized spacial score (nSPS) is 10.8. The fourth-order valence-corrected chi connectivity index (χ4v) is 3.94. The lowest BCUT2D eigenvalue weighted by Crippen LogP contribution is -2.19. The van der Waals surface area contributed by atoms with Gasteiger partial charge in [0, 0.05) is 29.2 Å². The molecule has 2 aromatic carbocycles. The van der Waals surface area contributed by atoms with Crippen LogP contribution in [0.15, 0.2) is 88.0 Å². The van der Waals surface area contributed by atoms with E-state index in [9.17, 15) is 4.39 Å². The number of thiocarbonyl (C=S) groups is 1. The first-order chi connectivity index (χ1) is 16.1. The topological polar surface area (TPSA) is 102 Å². The van der Waals surface area contributed by atoms with Gasteiger partial charge in [-0.05, 0) is 78.6 Å². The summed E-state index contributed by atoms with van der Waals surface area (Å²) in [6, 6.07) is 15.2. The average molecular weight is 476 g/mol. The third-order valence-corrected chi connectivity index (χ3v) is 5.52. The Morgan fingerprint density at radius 1 is 0.970 bits per heavy atom. The van der Waals surface area contributed by atoms with Gasteiger partial charge in [-0.1, -0.05) is 0 Å². The van der Waals surface area contributed by atoms with E-state index in [1.807, 2.05) is 24.3 Å². The maximum absolute atomic E-state index is 13.1. The first-order valence-electron chi connectivity index (χ1n) is 9.64. The molecule has 0 aliphatic carbocycles. The van der Waals surface area contributed by atoms with Crippen LogP contribution in [0.5, 0.6) is 0 Å². The quantitative estimate of drug-likeness (QED) is 0.261. The number of anilines is 2. The van der Waals surface area contributed by atoms with E-state index in [-0.39, 0.29) is 5.82 Å². The van der Waals surface area contributed by atoms with Crippen molar-refractivity contribution in [3.05, 3.63) is 79.1 Å². The zero-order chi connectivity index (χ0) is 22.6. The predicted molar refractivity (Wildman–Crippen MR) is 127 cm³/mol. The van der Waals surface area contributed by atoms with E-state index in [2.05, 4.69) is 35.8 Å². The summed E-state index contributed by atoms with van der Waals surface area (Å²) >= 11 is 6.61. The van der Waals surface area contributed by atoms with Gasteiger partial charge in [-0.25, -0.2) is 14.4 Å². The summed E-state index contributed by atoms with van der Waals surface area (Å²) in [5.74, 6) is 0.0660. The molecular formula is C22H14FN7OS2. The minimum absolute atomic E-state index is 0.312. The van der Waals surface area contributed by atoms with Crippen LogP contribution >= 0.6 is 24.0 Å². The molecule has 0 fully saturated rings. The standard InChI is InChI=1S/C22H14FN7OS2/c23-14-3-5-15(6-4-14)27-21(32)28-16-7-8-18-17(10-16)20(26-12-25-18)33-22-30-29-19(31-22)13-2-1-9-24-11-13/h1-12H,(H2,27,28,32). The Morgan fingerprint density at radius 2 is 1.79 bits per heavy atom. The third-order valence-electron chi connectivity index (χ3n) is 4.46. The van der Waals surface area contributed by atoms with Crippen molar-refractivity contribution >= 4 is 51.4 Å². The Labute approximate surface area is 196 Å². The minimum Gasteiger partial charge on any atom is -0.411 e. The van der Waals surface area contributed by atoms with Crippen LogP contribution in [0.3, 0.4) is 0 Å². The highest BCUT2D eigenvalue weighted by Gasteiger charge is 2.14. The summed E-state index contributed by atoms with van der Waals surface area (Å²) in [5, 5.41) is 16.5. The molecule has 33 heavy (non-hydrogen) atoms. The third kappa shape index (κ3) is 4.94. The molecule has 0 unspecified atom stereocenters. The molecule has 0 amide bonds. The molecule has 5 aromatic rings. The van der Waals surface area contributed by atoms with Crippen molar-refractivity contribution in [2.75, 3.05) is 10.6 Å². The van der Waals surface area contributed by atoms with Crippen LogP contribution in [-0.4, -0.2) is 30.3 Å². The van der Waals surface area contributed by atoms with Gasteiger partial charge in [-0.15, -0.1) is 10.2 Å². The van der Waals surface area contributed by atoms with Crippen molar-refractivity contribution < 1.29 is 8.81 Å². The van der Waals surface area contributed by atoms with Crippen LogP contribution in [-0.2, 0) is 0 Å². The lowest BCUT2D eigenvalue weighted by atomic mass is 10.2. The van der Waals surface area contributed by atoms with Gasteiger partial charge in [-0.2, -0.15) is 0 Å². The molecule has 0 spiro atoms. The number of benzene rings is 2. The molecule has 3 heterocycles. The van der Waals surface area contributed by atoms with Crippen LogP contribution in [0, 0.1) is 5.82 Å². The lowest BCUT2D eigenvalue weighted by Gasteiger charge is -2.11. The van der Waals surface area contributed by atoms with E-state index in [1.54, 1.807) is 30.6 Å². The maximum Gasteiger partial charge on any atom is 0.283 e. The maximum atomic E-state index is 13.1. The van der Waals surface area contributed by atoms with Gasteiger partial charge < -0.3 is 15.1 Å². The van der Waals surface area contributed by atoms with Gasteiger partial charge in [0.25, 0.3) is 5.22 Å². The molecule has 5 rings (SSSR count). The summed E-state index contributed by atoms with van der Waals surface area (Å²) in [7, 11) is 0. The van der Waals surface area contributed by atoms with E-state index < -0.39 is 0 Å². The fraction of sp³-hybridized carbons (Fsp3) is 0. The van der Waals surface area contributed by atoms with Crippen LogP contribution in [0.2, 0.25) is 0 Å². The number of pyridine rings is 1. The molecule has 11 heteroatoms. The summed E-state index contributed by atoms with van der Waals surface area (Å²) < 4.78 is 18.9. The van der Waals surface area contributed by atoms with Crippen molar-refractivity contribution in [2.45, 2.75) is 10.2 Å². The highest BCUT2D eigenvalue weighted by Crippen LogP contribution is 2.33.